The zero-order valence-corrected chi connectivity index (χ0v) is 34.4. The number of para-hydroxylation sites is 3. The lowest BCUT2D eigenvalue weighted by Gasteiger charge is -2.28. The first-order valence-electron chi connectivity index (χ1n) is 21.8. The molecule has 0 N–H and O–H groups in total. The summed E-state index contributed by atoms with van der Waals surface area (Å²) in [4.78, 5) is 2.38. The quantitative estimate of drug-likeness (QED) is 0.157. The molecule has 0 radical (unpaired) electrons. The topological polar surface area (TPSA) is 29.5 Å². The van der Waals surface area contributed by atoms with Gasteiger partial charge in [-0.2, -0.15) is 0 Å². The molecule has 63 heavy (non-hydrogen) atoms. The summed E-state index contributed by atoms with van der Waals surface area (Å²) in [6.45, 7) is 0. The van der Waals surface area contributed by atoms with Gasteiger partial charge in [-0.25, -0.2) is 0 Å². The second kappa shape index (κ2) is 14.2. The molecule has 0 spiro atoms. The zero-order valence-electron chi connectivity index (χ0n) is 34.4. The largest absolute Gasteiger partial charge is 0.460 e. The Bertz CT molecular complexity index is 3790. The van der Waals surface area contributed by atoms with Gasteiger partial charge in [0, 0.05) is 56.2 Å². The Labute approximate surface area is 364 Å². The number of hydrogen-bond acceptors (Lipinski definition) is 3. The number of hydrogen-bond donors (Lipinski definition) is 0. The Morgan fingerprint density at radius 3 is 1.79 bits per heavy atom. The number of fused-ring (bicyclic) bond motifs is 10. The molecule has 0 saturated heterocycles. The van der Waals surface area contributed by atoms with Crippen LogP contribution in [0.4, 0.5) is 17.1 Å². The van der Waals surface area contributed by atoms with E-state index in [1.54, 1.807) is 0 Å². The van der Waals surface area contributed by atoms with Crippen molar-refractivity contribution >= 4 is 88.4 Å². The minimum atomic E-state index is 0.883. The summed E-state index contributed by atoms with van der Waals surface area (Å²) in [5.41, 5.74) is 13.8. The summed E-state index contributed by atoms with van der Waals surface area (Å²) < 4.78 is 13.4. The molecule has 1 aliphatic rings. The van der Waals surface area contributed by atoms with E-state index < -0.39 is 0 Å². The Hall–Kier alpha value is -8.14. The van der Waals surface area contributed by atoms with Gasteiger partial charge in [0.2, 0.25) is 0 Å². The van der Waals surface area contributed by atoms with Crippen molar-refractivity contribution in [1.82, 2.24) is 0 Å². The molecule has 0 unspecified atom stereocenters. The van der Waals surface area contributed by atoms with Crippen LogP contribution in [0.1, 0.15) is 17.7 Å². The predicted octanol–water partition coefficient (Wildman–Crippen LogP) is 17.2. The van der Waals surface area contributed by atoms with Crippen LogP contribution in [0.25, 0.3) is 105 Å². The number of allylic oxidation sites excluding steroid dienone is 1. The van der Waals surface area contributed by atoms with E-state index in [9.17, 15) is 0 Å². The van der Waals surface area contributed by atoms with Crippen LogP contribution in [0.15, 0.2) is 215 Å². The van der Waals surface area contributed by atoms with Crippen molar-refractivity contribution in [2.24, 2.45) is 0 Å². The van der Waals surface area contributed by atoms with Crippen LogP contribution in [-0.4, -0.2) is 0 Å². The summed E-state index contributed by atoms with van der Waals surface area (Å²) in [5.74, 6) is 1.08. The summed E-state index contributed by atoms with van der Waals surface area (Å²) in [5, 5.41) is 10.8. The van der Waals surface area contributed by atoms with Gasteiger partial charge in [0.15, 0.2) is 0 Å². The fourth-order valence-corrected chi connectivity index (χ4v) is 10.1. The fraction of sp³-hybridized carbons (Fsp3) is 0.0333. The van der Waals surface area contributed by atoms with Gasteiger partial charge in [0.25, 0.3) is 0 Å². The molecule has 0 saturated carbocycles. The van der Waals surface area contributed by atoms with Crippen molar-refractivity contribution in [2.45, 2.75) is 12.8 Å². The van der Waals surface area contributed by atoms with Crippen LogP contribution >= 0.6 is 0 Å². The highest BCUT2D eigenvalue weighted by molar-refractivity contribution is 6.15. The number of aryl methyl sites for hydroxylation is 1. The molecule has 10 aromatic carbocycles. The summed E-state index contributed by atoms with van der Waals surface area (Å²) in [6, 6.07) is 72.4. The maximum Gasteiger partial charge on any atom is 0.143 e. The maximum absolute atomic E-state index is 6.82. The molecule has 3 nitrogen and oxygen atoms in total. The molecule has 0 atom stereocenters. The Morgan fingerprint density at radius 2 is 0.984 bits per heavy atom. The standard InChI is InChI=1S/C60H39NO2/c1-2-14-42-37-58-55(36-41(42)13-1)54-23-11-21-52(60(54)63-58)50-16-5-7-24-56(50)61(44-33-28-40(29-34-44)47-19-10-22-53-51-17-6-8-25-57(51)62-59(47)53)43-31-26-39(27-32-43)46-18-9-20-48-45-15-4-3-12-38(45)30-35-49(46)48/h1-7,9-24,26-37H,8,25H2. The number of anilines is 3. The number of furan rings is 2. The van der Waals surface area contributed by atoms with Crippen LogP contribution in [0, 0.1) is 0 Å². The Morgan fingerprint density at radius 1 is 0.381 bits per heavy atom. The molecule has 0 aliphatic heterocycles. The minimum Gasteiger partial charge on any atom is -0.460 e. The first-order chi connectivity index (χ1) is 31.2. The number of benzene rings is 10. The second-order valence-electron chi connectivity index (χ2n) is 16.7. The van der Waals surface area contributed by atoms with Gasteiger partial charge in [-0.05, 0) is 97.9 Å². The van der Waals surface area contributed by atoms with Crippen molar-refractivity contribution < 1.29 is 8.83 Å². The molecular weight excluding hydrogens is 767 g/mol. The smallest absolute Gasteiger partial charge is 0.143 e. The summed E-state index contributed by atoms with van der Waals surface area (Å²) in [6.07, 6.45) is 6.41. The normalized spacial score (nSPS) is 12.6. The lowest BCUT2D eigenvalue weighted by Crippen LogP contribution is -2.11. The van der Waals surface area contributed by atoms with Gasteiger partial charge in [-0.15, -0.1) is 0 Å². The molecule has 3 heteroatoms. The lowest BCUT2D eigenvalue weighted by molar-refractivity contribution is 0.547. The highest BCUT2D eigenvalue weighted by Gasteiger charge is 2.22. The van der Waals surface area contributed by atoms with Crippen molar-refractivity contribution in [2.75, 3.05) is 4.90 Å². The number of rotatable bonds is 6. The van der Waals surface area contributed by atoms with E-state index in [4.69, 9.17) is 8.83 Å². The van der Waals surface area contributed by atoms with Gasteiger partial charge >= 0.3 is 0 Å². The van der Waals surface area contributed by atoms with Gasteiger partial charge in [-0.3, -0.25) is 0 Å². The van der Waals surface area contributed by atoms with Gasteiger partial charge in [0.05, 0.1) is 5.69 Å². The van der Waals surface area contributed by atoms with Crippen molar-refractivity contribution in [3.05, 3.63) is 218 Å². The molecule has 2 heterocycles. The average molecular weight is 806 g/mol. The molecule has 296 valence electrons. The van der Waals surface area contributed by atoms with Crippen LogP contribution in [0.3, 0.4) is 0 Å². The van der Waals surface area contributed by atoms with Crippen LogP contribution in [-0.2, 0) is 6.42 Å². The van der Waals surface area contributed by atoms with E-state index in [0.29, 0.717) is 0 Å². The molecule has 0 amide bonds. The van der Waals surface area contributed by atoms with E-state index in [0.717, 1.165) is 85.4 Å². The van der Waals surface area contributed by atoms with Crippen LogP contribution < -0.4 is 4.90 Å². The number of nitrogens with zero attached hydrogens (tertiary/aromatic N) is 1. The molecular formula is C60H39NO2. The first-order valence-corrected chi connectivity index (χ1v) is 21.8. The predicted molar refractivity (Wildman–Crippen MR) is 264 cm³/mol. The monoisotopic (exact) mass is 805 g/mol. The second-order valence-corrected chi connectivity index (χ2v) is 16.7. The zero-order chi connectivity index (χ0) is 41.4. The van der Waals surface area contributed by atoms with E-state index in [-0.39, 0.29) is 0 Å². The third-order valence-corrected chi connectivity index (χ3v) is 13.1. The maximum atomic E-state index is 6.82. The molecule has 0 bridgehead atoms. The molecule has 0 fully saturated rings. The van der Waals surface area contributed by atoms with Gasteiger partial charge in [0.1, 0.15) is 22.5 Å². The molecule has 1 aliphatic carbocycles. The van der Waals surface area contributed by atoms with Crippen LogP contribution in [0.2, 0.25) is 0 Å². The lowest BCUT2D eigenvalue weighted by atomic mass is 9.94. The van der Waals surface area contributed by atoms with Gasteiger partial charge < -0.3 is 13.7 Å². The SMILES string of the molecule is C1=Cc2c(oc3c(-c4ccc(N(c5ccc(-c6cccc7c6ccc6ccccc67)cc5)c5ccccc5-c5cccc6c5oc5cc7ccccc7cc56)cc4)cccc23)CC1. The summed E-state index contributed by atoms with van der Waals surface area (Å²) in [7, 11) is 0. The van der Waals surface area contributed by atoms with Crippen molar-refractivity contribution in [3.63, 3.8) is 0 Å². The van der Waals surface area contributed by atoms with E-state index in [1.165, 1.54) is 54.4 Å². The van der Waals surface area contributed by atoms with Crippen molar-refractivity contribution in [3.8, 4) is 33.4 Å². The summed E-state index contributed by atoms with van der Waals surface area (Å²) >= 11 is 0. The Kier molecular flexibility index (Phi) is 8.04. The average Bonchev–Trinajstić information content (AvgIpc) is 3.92. The molecule has 13 rings (SSSR count). The Balaban J connectivity index is 0.969. The third kappa shape index (κ3) is 5.74. The fourth-order valence-electron chi connectivity index (χ4n) is 10.1. The molecule has 12 aromatic rings. The first kappa shape index (κ1) is 35.6. The third-order valence-electron chi connectivity index (χ3n) is 13.1. The van der Waals surface area contributed by atoms with Gasteiger partial charge in [-0.1, -0.05) is 170 Å². The minimum absolute atomic E-state index is 0.883. The van der Waals surface area contributed by atoms with E-state index in [1.807, 2.05) is 0 Å². The van der Waals surface area contributed by atoms with Crippen molar-refractivity contribution in [1.29, 1.82) is 0 Å². The molecule has 2 aromatic heterocycles. The highest BCUT2D eigenvalue weighted by Crippen LogP contribution is 2.46. The van der Waals surface area contributed by atoms with Crippen LogP contribution in [0.5, 0.6) is 0 Å². The van der Waals surface area contributed by atoms with E-state index in [2.05, 4.69) is 217 Å². The van der Waals surface area contributed by atoms with E-state index >= 15 is 0 Å². The highest BCUT2D eigenvalue weighted by atomic mass is 16.3.